The summed E-state index contributed by atoms with van der Waals surface area (Å²) in [5.41, 5.74) is 7.32. The summed E-state index contributed by atoms with van der Waals surface area (Å²) in [5, 5.41) is 3.06. The van der Waals surface area contributed by atoms with E-state index >= 15 is 0 Å². The van der Waals surface area contributed by atoms with Crippen LogP contribution in [0.5, 0.6) is 0 Å². The number of aromatic nitrogens is 1. The number of nitrogens with one attached hydrogen (secondary N) is 1. The molecule has 1 heterocycles. The van der Waals surface area contributed by atoms with Crippen LogP contribution in [0.4, 0.5) is 0 Å². The molecule has 2 aromatic rings. The number of rotatable bonds is 8. The summed E-state index contributed by atoms with van der Waals surface area (Å²) in [4.78, 5) is 16.8. The molecule has 3 N–H and O–H groups in total. The zero-order valence-electron chi connectivity index (χ0n) is 15.6. The van der Waals surface area contributed by atoms with Gasteiger partial charge in [0.15, 0.2) is 11.7 Å². The minimum Gasteiger partial charge on any atom is -0.440 e. The van der Waals surface area contributed by atoms with Gasteiger partial charge in [-0.2, -0.15) is 0 Å². The predicted molar refractivity (Wildman–Crippen MR) is 100 cm³/mol. The lowest BCUT2D eigenvalue weighted by Gasteiger charge is -2.31. The Balaban J connectivity index is 1.96. The van der Waals surface area contributed by atoms with Gasteiger partial charge < -0.3 is 15.5 Å². The topological polar surface area (TPSA) is 81.2 Å². The molecular formula is C20H29N3O2. The first kappa shape index (κ1) is 19.2. The van der Waals surface area contributed by atoms with Crippen LogP contribution in [0.2, 0.25) is 0 Å². The number of carbonyl (C=O) groups is 1. The van der Waals surface area contributed by atoms with Gasteiger partial charge in [0.25, 0.3) is 0 Å². The number of hydrogen-bond donors (Lipinski definition) is 2. The summed E-state index contributed by atoms with van der Waals surface area (Å²) < 4.78 is 5.86. The van der Waals surface area contributed by atoms with Crippen LogP contribution in [0.1, 0.15) is 45.2 Å². The molecule has 1 atom stereocenters. The van der Waals surface area contributed by atoms with Crippen molar-refractivity contribution in [1.29, 1.82) is 0 Å². The molecule has 0 spiro atoms. The molecule has 1 aromatic carbocycles. The van der Waals surface area contributed by atoms with Gasteiger partial charge in [0.1, 0.15) is 0 Å². The number of nitrogens with zero attached hydrogens (tertiary/aromatic N) is 1. The highest BCUT2D eigenvalue weighted by Crippen LogP contribution is 2.24. The molecule has 1 unspecified atom stereocenters. The average molecular weight is 343 g/mol. The van der Waals surface area contributed by atoms with Crippen LogP contribution in [-0.2, 0) is 11.2 Å². The standard InChI is InChI=1S/C20H29N3O2/c1-14(2)12-20(4,13-21)23-17(24)10-11-18-22-15(3)19(25-18)16-8-6-5-7-9-16/h5-9,14H,10-13,21H2,1-4H3,(H,23,24). The van der Waals surface area contributed by atoms with E-state index in [9.17, 15) is 4.79 Å². The third kappa shape index (κ3) is 5.43. The molecule has 1 amide bonds. The van der Waals surface area contributed by atoms with Crippen LogP contribution in [0.25, 0.3) is 11.3 Å². The number of nitrogens with two attached hydrogens (primary N) is 1. The van der Waals surface area contributed by atoms with Crippen LogP contribution >= 0.6 is 0 Å². The molecule has 2 rings (SSSR count). The summed E-state index contributed by atoms with van der Waals surface area (Å²) in [6, 6.07) is 9.87. The van der Waals surface area contributed by atoms with Gasteiger partial charge in [0.2, 0.25) is 5.91 Å². The quantitative estimate of drug-likeness (QED) is 0.769. The molecule has 5 heteroatoms. The maximum Gasteiger partial charge on any atom is 0.220 e. The minimum atomic E-state index is -0.368. The number of carbonyl (C=O) groups excluding carboxylic acids is 1. The second-order valence-electron chi connectivity index (χ2n) is 7.30. The number of aryl methyl sites for hydroxylation is 2. The van der Waals surface area contributed by atoms with E-state index in [1.54, 1.807) is 0 Å². The highest BCUT2D eigenvalue weighted by atomic mass is 16.4. The molecule has 0 aliphatic carbocycles. The number of hydrogen-bond acceptors (Lipinski definition) is 4. The van der Waals surface area contributed by atoms with E-state index in [1.807, 2.05) is 44.2 Å². The molecule has 1 aromatic heterocycles. The molecule has 25 heavy (non-hydrogen) atoms. The van der Waals surface area contributed by atoms with E-state index in [0.717, 1.165) is 23.4 Å². The highest BCUT2D eigenvalue weighted by molar-refractivity contribution is 5.77. The summed E-state index contributed by atoms with van der Waals surface area (Å²) in [6.07, 6.45) is 1.66. The van der Waals surface area contributed by atoms with Crippen molar-refractivity contribution in [3.8, 4) is 11.3 Å². The maximum atomic E-state index is 12.3. The lowest BCUT2D eigenvalue weighted by molar-refractivity contribution is -0.123. The van der Waals surface area contributed by atoms with Crippen molar-refractivity contribution in [2.45, 2.75) is 52.5 Å². The summed E-state index contributed by atoms with van der Waals surface area (Å²) in [5.74, 6) is 1.80. The first-order chi connectivity index (χ1) is 11.8. The van der Waals surface area contributed by atoms with E-state index in [4.69, 9.17) is 10.2 Å². The van der Waals surface area contributed by atoms with E-state index in [-0.39, 0.29) is 11.4 Å². The molecule has 5 nitrogen and oxygen atoms in total. The Morgan fingerprint density at radius 2 is 2.00 bits per heavy atom. The van der Waals surface area contributed by atoms with Crippen LogP contribution < -0.4 is 11.1 Å². The van der Waals surface area contributed by atoms with E-state index in [0.29, 0.717) is 31.2 Å². The van der Waals surface area contributed by atoms with Gasteiger partial charge in [-0.15, -0.1) is 0 Å². The van der Waals surface area contributed by atoms with Gasteiger partial charge >= 0.3 is 0 Å². The lowest BCUT2D eigenvalue weighted by atomic mass is 9.90. The first-order valence-electron chi connectivity index (χ1n) is 8.86. The van der Waals surface area contributed by atoms with Crippen molar-refractivity contribution >= 4 is 5.91 Å². The molecule has 0 aliphatic rings. The van der Waals surface area contributed by atoms with Gasteiger partial charge in [-0.3, -0.25) is 4.79 Å². The van der Waals surface area contributed by atoms with Gasteiger partial charge in [-0.05, 0) is 26.2 Å². The highest BCUT2D eigenvalue weighted by Gasteiger charge is 2.25. The monoisotopic (exact) mass is 343 g/mol. The van der Waals surface area contributed by atoms with Crippen molar-refractivity contribution in [1.82, 2.24) is 10.3 Å². The van der Waals surface area contributed by atoms with E-state index in [1.165, 1.54) is 0 Å². The molecule has 0 radical (unpaired) electrons. The predicted octanol–water partition coefficient (Wildman–Crippen LogP) is 3.46. The Morgan fingerprint density at radius 1 is 1.32 bits per heavy atom. The fourth-order valence-corrected chi connectivity index (χ4v) is 3.12. The zero-order valence-corrected chi connectivity index (χ0v) is 15.6. The van der Waals surface area contributed by atoms with Crippen molar-refractivity contribution in [2.24, 2.45) is 11.7 Å². The minimum absolute atomic E-state index is 0.0225. The normalized spacial score (nSPS) is 13.7. The van der Waals surface area contributed by atoms with Crippen molar-refractivity contribution in [2.75, 3.05) is 6.54 Å². The van der Waals surface area contributed by atoms with E-state index < -0.39 is 0 Å². The number of oxazole rings is 1. The zero-order chi connectivity index (χ0) is 18.4. The fraction of sp³-hybridized carbons (Fsp3) is 0.500. The van der Waals surface area contributed by atoms with Crippen molar-refractivity contribution < 1.29 is 9.21 Å². The van der Waals surface area contributed by atoms with Crippen LogP contribution in [0, 0.1) is 12.8 Å². The Hall–Kier alpha value is -2.14. The molecular weight excluding hydrogens is 314 g/mol. The molecule has 0 fully saturated rings. The van der Waals surface area contributed by atoms with E-state index in [2.05, 4.69) is 24.1 Å². The van der Waals surface area contributed by atoms with Crippen LogP contribution in [0.3, 0.4) is 0 Å². The first-order valence-corrected chi connectivity index (χ1v) is 8.86. The molecule has 0 aliphatic heterocycles. The number of amides is 1. The third-order valence-corrected chi connectivity index (χ3v) is 4.19. The van der Waals surface area contributed by atoms with Gasteiger partial charge in [0, 0.05) is 30.5 Å². The maximum absolute atomic E-state index is 12.3. The van der Waals surface area contributed by atoms with Gasteiger partial charge in [-0.25, -0.2) is 4.98 Å². The third-order valence-electron chi connectivity index (χ3n) is 4.19. The summed E-state index contributed by atoms with van der Waals surface area (Å²) in [7, 11) is 0. The second-order valence-corrected chi connectivity index (χ2v) is 7.30. The summed E-state index contributed by atoms with van der Waals surface area (Å²) >= 11 is 0. The van der Waals surface area contributed by atoms with Crippen molar-refractivity contribution in [3.05, 3.63) is 41.9 Å². The lowest BCUT2D eigenvalue weighted by Crippen LogP contribution is -2.52. The Labute approximate surface area is 150 Å². The second kappa shape index (κ2) is 8.30. The molecule has 0 bridgehead atoms. The Bertz CT molecular complexity index is 694. The SMILES string of the molecule is Cc1nc(CCC(=O)NC(C)(CN)CC(C)C)oc1-c1ccccc1. The van der Waals surface area contributed by atoms with Crippen LogP contribution in [-0.4, -0.2) is 23.0 Å². The Kier molecular flexibility index (Phi) is 6.37. The smallest absolute Gasteiger partial charge is 0.220 e. The van der Waals surface area contributed by atoms with Crippen molar-refractivity contribution in [3.63, 3.8) is 0 Å². The Morgan fingerprint density at radius 3 is 2.60 bits per heavy atom. The molecule has 136 valence electrons. The van der Waals surface area contributed by atoms with Gasteiger partial charge in [-0.1, -0.05) is 44.2 Å². The van der Waals surface area contributed by atoms with Crippen LogP contribution in [0.15, 0.2) is 34.7 Å². The fourth-order valence-electron chi connectivity index (χ4n) is 3.12. The average Bonchev–Trinajstić information content (AvgIpc) is 2.94. The summed E-state index contributed by atoms with van der Waals surface area (Å²) in [6.45, 7) is 8.59. The number of benzene rings is 1. The molecule has 0 saturated carbocycles. The van der Waals surface area contributed by atoms with Gasteiger partial charge in [0.05, 0.1) is 5.69 Å². The molecule has 0 saturated heterocycles. The largest absolute Gasteiger partial charge is 0.440 e.